The van der Waals surface area contributed by atoms with E-state index in [-0.39, 0.29) is 0 Å². The van der Waals surface area contributed by atoms with E-state index in [1.54, 1.807) is 0 Å². The zero-order valence-electron chi connectivity index (χ0n) is 7.66. The second-order valence-corrected chi connectivity index (χ2v) is 4.31. The summed E-state index contributed by atoms with van der Waals surface area (Å²) in [6, 6.07) is 2.78. The highest BCUT2D eigenvalue weighted by Gasteiger charge is 2.06. The molecular weight excluding hydrogens is 166 g/mol. The van der Waals surface area contributed by atoms with Gasteiger partial charge in [-0.1, -0.05) is 0 Å². The van der Waals surface area contributed by atoms with Gasteiger partial charge in [-0.25, -0.2) is 0 Å². The lowest BCUT2D eigenvalue weighted by Crippen LogP contribution is -1.95. The summed E-state index contributed by atoms with van der Waals surface area (Å²) in [5.41, 5.74) is 1.40. The van der Waals surface area contributed by atoms with Crippen LogP contribution in [0, 0.1) is 6.92 Å². The zero-order chi connectivity index (χ0) is 8.72. The van der Waals surface area contributed by atoms with Crippen LogP contribution in [-0.4, -0.2) is 4.57 Å². The molecule has 2 aromatic heterocycles. The first-order chi connectivity index (χ1) is 5.70. The molecule has 0 N–H and O–H groups in total. The van der Waals surface area contributed by atoms with Gasteiger partial charge in [0, 0.05) is 17.6 Å². The fourth-order valence-corrected chi connectivity index (χ4v) is 2.64. The molecule has 0 saturated carbocycles. The largest absolute Gasteiger partial charge is 0.337 e. The van der Waals surface area contributed by atoms with Gasteiger partial charge < -0.3 is 4.57 Å². The second-order valence-electron chi connectivity index (χ2n) is 3.45. The summed E-state index contributed by atoms with van der Waals surface area (Å²) < 4.78 is 2.33. The standard InChI is InChI=1S/C10H13NS/c1-7(2)11-5-4-9-8(3)6-12-10(9)11/h4-7H,1-3H3. The van der Waals surface area contributed by atoms with E-state index in [4.69, 9.17) is 0 Å². The minimum Gasteiger partial charge on any atom is -0.337 e. The quantitative estimate of drug-likeness (QED) is 0.630. The molecule has 2 heteroatoms. The van der Waals surface area contributed by atoms with Gasteiger partial charge in [-0.15, -0.1) is 11.3 Å². The number of hydrogen-bond acceptors (Lipinski definition) is 1. The molecule has 12 heavy (non-hydrogen) atoms. The first-order valence-corrected chi connectivity index (χ1v) is 5.12. The molecule has 1 nitrogen and oxygen atoms in total. The SMILES string of the molecule is Cc1csc2c1ccn2C(C)C. The monoisotopic (exact) mass is 179 g/mol. The van der Waals surface area contributed by atoms with Crippen molar-refractivity contribution in [1.82, 2.24) is 4.57 Å². The van der Waals surface area contributed by atoms with Crippen molar-refractivity contribution in [3.05, 3.63) is 23.2 Å². The van der Waals surface area contributed by atoms with Crippen molar-refractivity contribution in [2.75, 3.05) is 0 Å². The van der Waals surface area contributed by atoms with E-state index < -0.39 is 0 Å². The summed E-state index contributed by atoms with van der Waals surface area (Å²) in [6.07, 6.45) is 2.18. The van der Waals surface area contributed by atoms with Crippen molar-refractivity contribution >= 4 is 21.6 Å². The van der Waals surface area contributed by atoms with Crippen LogP contribution in [0.15, 0.2) is 17.6 Å². The highest BCUT2D eigenvalue weighted by molar-refractivity contribution is 7.17. The van der Waals surface area contributed by atoms with Crippen LogP contribution >= 0.6 is 11.3 Å². The Hall–Kier alpha value is -0.760. The maximum atomic E-state index is 2.33. The number of thiophene rings is 1. The predicted octanol–water partition coefficient (Wildman–Crippen LogP) is 3.59. The van der Waals surface area contributed by atoms with Gasteiger partial charge in [0.1, 0.15) is 4.83 Å². The molecular formula is C10H13NS. The van der Waals surface area contributed by atoms with E-state index in [0.717, 1.165) is 0 Å². The lowest BCUT2D eigenvalue weighted by Gasteiger charge is -2.06. The lowest BCUT2D eigenvalue weighted by molar-refractivity contribution is 0.626. The van der Waals surface area contributed by atoms with E-state index >= 15 is 0 Å². The maximum Gasteiger partial charge on any atom is 0.103 e. The van der Waals surface area contributed by atoms with Crippen LogP contribution < -0.4 is 0 Å². The molecule has 0 radical (unpaired) electrons. The molecule has 0 aromatic carbocycles. The van der Waals surface area contributed by atoms with Gasteiger partial charge in [0.2, 0.25) is 0 Å². The van der Waals surface area contributed by atoms with Gasteiger partial charge >= 0.3 is 0 Å². The summed E-state index contributed by atoms with van der Waals surface area (Å²) in [5.74, 6) is 0. The smallest absolute Gasteiger partial charge is 0.103 e. The minimum absolute atomic E-state index is 0.570. The summed E-state index contributed by atoms with van der Waals surface area (Å²) in [6.45, 7) is 6.60. The van der Waals surface area contributed by atoms with Crippen molar-refractivity contribution in [1.29, 1.82) is 0 Å². The lowest BCUT2D eigenvalue weighted by atomic mass is 10.3. The first-order valence-electron chi connectivity index (χ1n) is 4.25. The molecule has 2 heterocycles. The molecule has 0 aliphatic rings. The van der Waals surface area contributed by atoms with Crippen molar-refractivity contribution < 1.29 is 0 Å². The molecule has 2 rings (SSSR count). The van der Waals surface area contributed by atoms with Crippen molar-refractivity contribution in [3.8, 4) is 0 Å². The molecule has 0 atom stereocenters. The van der Waals surface area contributed by atoms with Crippen LogP contribution in [0.25, 0.3) is 10.2 Å². The van der Waals surface area contributed by atoms with Gasteiger partial charge in [0.25, 0.3) is 0 Å². The third kappa shape index (κ3) is 0.985. The first kappa shape index (κ1) is 7.87. The third-order valence-electron chi connectivity index (χ3n) is 2.20. The molecule has 0 bridgehead atoms. The van der Waals surface area contributed by atoms with Crippen LogP contribution in [0.5, 0.6) is 0 Å². The predicted molar refractivity (Wildman–Crippen MR) is 54.9 cm³/mol. The Bertz CT molecular complexity index is 395. The normalized spacial score (nSPS) is 11.7. The average molecular weight is 179 g/mol. The Morgan fingerprint density at radius 3 is 2.83 bits per heavy atom. The molecule has 0 aliphatic carbocycles. The highest BCUT2D eigenvalue weighted by Crippen LogP contribution is 2.28. The number of nitrogens with zero attached hydrogens (tertiary/aromatic N) is 1. The van der Waals surface area contributed by atoms with Crippen molar-refractivity contribution in [3.63, 3.8) is 0 Å². The molecule has 0 fully saturated rings. The van der Waals surface area contributed by atoms with Crippen molar-refractivity contribution in [2.24, 2.45) is 0 Å². The molecule has 0 saturated heterocycles. The Labute approximate surface area is 76.6 Å². The van der Waals surface area contributed by atoms with Gasteiger partial charge in [0.15, 0.2) is 0 Å². The molecule has 0 amide bonds. The number of hydrogen-bond donors (Lipinski definition) is 0. The highest BCUT2D eigenvalue weighted by atomic mass is 32.1. The Balaban J connectivity index is 2.71. The topological polar surface area (TPSA) is 4.93 Å². The Kier molecular flexibility index (Phi) is 1.72. The van der Waals surface area contributed by atoms with Crippen molar-refractivity contribution in [2.45, 2.75) is 26.8 Å². The third-order valence-corrected chi connectivity index (χ3v) is 3.32. The van der Waals surface area contributed by atoms with Gasteiger partial charge in [-0.3, -0.25) is 0 Å². The average Bonchev–Trinajstić information content (AvgIpc) is 2.53. The number of rotatable bonds is 1. The zero-order valence-corrected chi connectivity index (χ0v) is 8.48. The van der Waals surface area contributed by atoms with Crippen LogP contribution in [-0.2, 0) is 0 Å². The second kappa shape index (κ2) is 2.63. The van der Waals surface area contributed by atoms with E-state index in [1.807, 2.05) is 11.3 Å². The minimum atomic E-state index is 0.570. The summed E-state index contributed by atoms with van der Waals surface area (Å²) >= 11 is 1.84. The molecule has 0 spiro atoms. The van der Waals surface area contributed by atoms with Gasteiger partial charge in [0.05, 0.1) is 0 Å². The fraction of sp³-hybridized carbons (Fsp3) is 0.400. The maximum absolute atomic E-state index is 2.33. The Morgan fingerprint density at radius 1 is 1.42 bits per heavy atom. The van der Waals surface area contributed by atoms with Crippen LogP contribution in [0.2, 0.25) is 0 Å². The van der Waals surface area contributed by atoms with Gasteiger partial charge in [-0.2, -0.15) is 0 Å². The van der Waals surface area contributed by atoms with Gasteiger partial charge in [-0.05, 0) is 37.8 Å². The molecule has 64 valence electrons. The summed E-state index contributed by atoms with van der Waals surface area (Å²) in [7, 11) is 0. The molecule has 0 unspecified atom stereocenters. The van der Waals surface area contributed by atoms with E-state index in [0.29, 0.717) is 6.04 Å². The summed E-state index contributed by atoms with van der Waals surface area (Å²) in [4.78, 5) is 1.41. The number of aryl methyl sites for hydroxylation is 1. The van der Waals surface area contributed by atoms with E-state index in [1.165, 1.54) is 15.8 Å². The molecule has 2 aromatic rings. The number of aromatic nitrogens is 1. The summed E-state index contributed by atoms with van der Waals surface area (Å²) in [5, 5.41) is 3.64. The van der Waals surface area contributed by atoms with Crippen LogP contribution in [0.1, 0.15) is 25.5 Å². The fourth-order valence-electron chi connectivity index (χ4n) is 1.47. The van der Waals surface area contributed by atoms with E-state index in [2.05, 4.69) is 43.0 Å². The number of fused-ring (bicyclic) bond motifs is 1. The Morgan fingerprint density at radius 2 is 2.17 bits per heavy atom. The van der Waals surface area contributed by atoms with E-state index in [9.17, 15) is 0 Å². The van der Waals surface area contributed by atoms with Crippen LogP contribution in [0.4, 0.5) is 0 Å². The van der Waals surface area contributed by atoms with Crippen LogP contribution in [0.3, 0.4) is 0 Å². The molecule has 0 aliphatic heterocycles.